The van der Waals surface area contributed by atoms with Crippen molar-refractivity contribution in [1.29, 1.82) is 0 Å². The van der Waals surface area contributed by atoms with Crippen molar-refractivity contribution in [2.75, 3.05) is 18.0 Å². The molecule has 0 atom stereocenters. The Morgan fingerprint density at radius 2 is 1.62 bits per heavy atom. The molecule has 0 fully saturated rings. The lowest BCUT2D eigenvalue weighted by Gasteiger charge is -2.26. The predicted molar refractivity (Wildman–Crippen MR) is 97.0 cm³/mol. The summed E-state index contributed by atoms with van der Waals surface area (Å²) in [6, 6.07) is 16.8. The molecule has 2 amide bonds. The number of carbonyl (C=O) groups excluding carboxylic acids is 2. The molecule has 5 heteroatoms. The molecule has 126 valence electrons. The fraction of sp³-hybridized carbons (Fsp3) is 0.263. The Morgan fingerprint density at radius 3 is 2.21 bits per heavy atom. The zero-order valence-corrected chi connectivity index (χ0v) is 14.7. The molecule has 2 rings (SSSR count). The van der Waals surface area contributed by atoms with E-state index in [0.29, 0.717) is 18.1 Å². The van der Waals surface area contributed by atoms with Gasteiger partial charge in [-0.2, -0.15) is 0 Å². The van der Waals surface area contributed by atoms with Crippen LogP contribution < -0.4 is 4.90 Å². The van der Waals surface area contributed by atoms with Crippen LogP contribution >= 0.6 is 11.6 Å². The molecule has 0 radical (unpaired) electrons. The predicted octanol–water partition coefficient (Wildman–Crippen LogP) is 3.74. The van der Waals surface area contributed by atoms with Gasteiger partial charge in [-0.25, -0.2) is 0 Å². The van der Waals surface area contributed by atoms with Gasteiger partial charge in [0, 0.05) is 30.7 Å². The molecule has 0 heterocycles. The molecular formula is C19H21ClN2O2. The molecule has 0 aliphatic carbocycles. The van der Waals surface area contributed by atoms with Crippen molar-refractivity contribution in [3.8, 4) is 0 Å². The van der Waals surface area contributed by atoms with Gasteiger partial charge in [-0.05, 0) is 30.7 Å². The van der Waals surface area contributed by atoms with Crippen molar-refractivity contribution in [1.82, 2.24) is 4.90 Å². The molecule has 0 spiro atoms. The maximum Gasteiger partial charge on any atom is 0.246 e. The number of hydrogen-bond acceptors (Lipinski definition) is 2. The average Bonchev–Trinajstić information content (AvgIpc) is 2.57. The van der Waals surface area contributed by atoms with E-state index in [0.717, 1.165) is 11.3 Å². The first-order chi connectivity index (χ1) is 11.5. The summed E-state index contributed by atoms with van der Waals surface area (Å²) in [4.78, 5) is 27.8. The van der Waals surface area contributed by atoms with E-state index in [-0.39, 0.29) is 18.4 Å². The van der Waals surface area contributed by atoms with Crippen LogP contribution in [-0.2, 0) is 16.1 Å². The van der Waals surface area contributed by atoms with Crippen LogP contribution in [0, 0.1) is 0 Å². The normalized spacial score (nSPS) is 10.3. The molecule has 0 aliphatic heterocycles. The van der Waals surface area contributed by atoms with E-state index in [4.69, 9.17) is 11.6 Å². The Bertz CT molecular complexity index is 704. The van der Waals surface area contributed by atoms with Crippen LogP contribution in [0.2, 0.25) is 5.02 Å². The molecule has 0 aromatic heterocycles. The van der Waals surface area contributed by atoms with Crippen molar-refractivity contribution in [3.05, 3.63) is 65.2 Å². The number of halogens is 1. The van der Waals surface area contributed by atoms with Crippen molar-refractivity contribution < 1.29 is 9.59 Å². The summed E-state index contributed by atoms with van der Waals surface area (Å²) >= 11 is 6.16. The average molecular weight is 345 g/mol. The molecule has 4 nitrogen and oxygen atoms in total. The number of para-hydroxylation sites is 1. The van der Waals surface area contributed by atoms with E-state index in [1.54, 1.807) is 11.0 Å². The van der Waals surface area contributed by atoms with Gasteiger partial charge in [-0.15, -0.1) is 0 Å². The fourth-order valence-corrected chi connectivity index (χ4v) is 2.67. The summed E-state index contributed by atoms with van der Waals surface area (Å²) < 4.78 is 0. The van der Waals surface area contributed by atoms with E-state index in [1.807, 2.05) is 55.5 Å². The van der Waals surface area contributed by atoms with E-state index < -0.39 is 0 Å². The van der Waals surface area contributed by atoms with Crippen LogP contribution in [0.4, 0.5) is 5.69 Å². The monoisotopic (exact) mass is 344 g/mol. The quantitative estimate of drug-likeness (QED) is 0.801. The van der Waals surface area contributed by atoms with E-state index >= 15 is 0 Å². The molecule has 0 saturated carbocycles. The molecule has 0 unspecified atom stereocenters. The van der Waals surface area contributed by atoms with Crippen LogP contribution in [0.1, 0.15) is 19.4 Å². The summed E-state index contributed by atoms with van der Waals surface area (Å²) in [5.41, 5.74) is 1.65. The Hall–Kier alpha value is -2.33. The minimum absolute atomic E-state index is 0.0172. The second kappa shape index (κ2) is 8.50. The first-order valence-corrected chi connectivity index (χ1v) is 8.25. The molecule has 0 bridgehead atoms. The van der Waals surface area contributed by atoms with Crippen molar-refractivity contribution in [2.45, 2.75) is 20.4 Å². The lowest BCUT2D eigenvalue weighted by atomic mass is 10.2. The smallest absolute Gasteiger partial charge is 0.246 e. The third kappa shape index (κ3) is 4.59. The van der Waals surface area contributed by atoms with Gasteiger partial charge >= 0.3 is 0 Å². The standard InChI is InChI=1S/C19H21ClN2O2/c1-3-22(17-10-5-4-6-11-17)19(24)14-21(15(2)23)13-16-9-7-8-12-18(16)20/h4-12H,3,13-14H2,1-2H3. The molecule has 24 heavy (non-hydrogen) atoms. The Balaban J connectivity index is 2.13. The number of rotatable bonds is 6. The van der Waals surface area contributed by atoms with E-state index in [1.165, 1.54) is 11.8 Å². The minimum Gasteiger partial charge on any atom is -0.329 e. The van der Waals surface area contributed by atoms with Gasteiger partial charge in [0.05, 0.1) is 0 Å². The zero-order valence-electron chi connectivity index (χ0n) is 13.9. The SMILES string of the molecule is CCN(C(=O)CN(Cc1ccccc1Cl)C(C)=O)c1ccccc1. The van der Waals surface area contributed by atoms with Crippen LogP contribution in [-0.4, -0.2) is 29.8 Å². The first-order valence-electron chi connectivity index (χ1n) is 7.87. The van der Waals surface area contributed by atoms with Gasteiger partial charge in [-0.3, -0.25) is 9.59 Å². The highest BCUT2D eigenvalue weighted by Crippen LogP contribution is 2.18. The molecule has 0 aliphatic rings. The summed E-state index contributed by atoms with van der Waals surface area (Å²) in [5.74, 6) is -0.279. The Labute approximate surface area is 147 Å². The second-order valence-corrected chi connectivity index (χ2v) is 5.85. The maximum absolute atomic E-state index is 12.7. The largest absolute Gasteiger partial charge is 0.329 e. The highest BCUT2D eigenvalue weighted by atomic mass is 35.5. The number of carbonyl (C=O) groups is 2. The van der Waals surface area contributed by atoms with Crippen LogP contribution in [0.5, 0.6) is 0 Å². The third-order valence-electron chi connectivity index (χ3n) is 3.78. The minimum atomic E-state index is -0.160. The topological polar surface area (TPSA) is 40.6 Å². The van der Waals surface area contributed by atoms with Gasteiger partial charge < -0.3 is 9.80 Å². The van der Waals surface area contributed by atoms with Gasteiger partial charge in [-0.1, -0.05) is 48.0 Å². The van der Waals surface area contributed by atoms with Gasteiger partial charge in [0.25, 0.3) is 0 Å². The number of likely N-dealkylation sites (N-methyl/N-ethyl adjacent to an activating group) is 1. The van der Waals surface area contributed by atoms with Crippen molar-refractivity contribution in [2.24, 2.45) is 0 Å². The van der Waals surface area contributed by atoms with Crippen LogP contribution in [0.3, 0.4) is 0 Å². The fourth-order valence-electron chi connectivity index (χ4n) is 2.47. The third-order valence-corrected chi connectivity index (χ3v) is 4.14. The molecular weight excluding hydrogens is 324 g/mol. The second-order valence-electron chi connectivity index (χ2n) is 5.44. The van der Waals surface area contributed by atoms with Gasteiger partial charge in [0.1, 0.15) is 6.54 Å². The number of hydrogen-bond donors (Lipinski definition) is 0. The van der Waals surface area contributed by atoms with Crippen LogP contribution in [0.25, 0.3) is 0 Å². The molecule has 0 N–H and O–H groups in total. The Kier molecular flexibility index (Phi) is 6.38. The van der Waals surface area contributed by atoms with Crippen molar-refractivity contribution >= 4 is 29.1 Å². The lowest BCUT2D eigenvalue weighted by Crippen LogP contribution is -2.42. The van der Waals surface area contributed by atoms with Gasteiger partial charge in [0.2, 0.25) is 11.8 Å². The number of benzene rings is 2. The molecule has 2 aromatic carbocycles. The lowest BCUT2D eigenvalue weighted by molar-refractivity contribution is -0.134. The molecule has 0 saturated heterocycles. The Morgan fingerprint density at radius 1 is 1.00 bits per heavy atom. The summed E-state index contributed by atoms with van der Waals surface area (Å²) in [7, 11) is 0. The zero-order chi connectivity index (χ0) is 17.5. The summed E-state index contributed by atoms with van der Waals surface area (Å²) in [5, 5.41) is 0.589. The summed E-state index contributed by atoms with van der Waals surface area (Å²) in [6.45, 7) is 4.25. The van der Waals surface area contributed by atoms with Crippen LogP contribution in [0.15, 0.2) is 54.6 Å². The summed E-state index contributed by atoms with van der Waals surface area (Å²) in [6.07, 6.45) is 0. The van der Waals surface area contributed by atoms with E-state index in [2.05, 4.69) is 0 Å². The first kappa shape index (κ1) is 18.0. The highest BCUT2D eigenvalue weighted by molar-refractivity contribution is 6.31. The number of nitrogens with zero attached hydrogens (tertiary/aromatic N) is 2. The van der Waals surface area contributed by atoms with E-state index in [9.17, 15) is 9.59 Å². The number of amides is 2. The number of anilines is 1. The highest BCUT2D eigenvalue weighted by Gasteiger charge is 2.20. The molecule has 2 aromatic rings. The van der Waals surface area contributed by atoms with Crippen molar-refractivity contribution in [3.63, 3.8) is 0 Å². The van der Waals surface area contributed by atoms with Gasteiger partial charge in [0.15, 0.2) is 0 Å². The maximum atomic E-state index is 12.7.